The first-order chi connectivity index (χ1) is 5.92. The lowest BCUT2D eigenvalue weighted by molar-refractivity contribution is 0.112. The molecule has 0 aliphatic heterocycles. The van der Waals surface area contributed by atoms with Gasteiger partial charge in [0.05, 0.1) is 5.52 Å². The number of benzene rings is 1. The number of rotatable bonds is 1. The molecule has 4 heteroatoms. The zero-order chi connectivity index (χ0) is 8.39. The van der Waals surface area contributed by atoms with Crippen molar-refractivity contribution in [1.29, 1.82) is 0 Å². The third-order valence-electron chi connectivity index (χ3n) is 1.81. The maximum atomic E-state index is 10.6. The maximum absolute atomic E-state index is 10.6. The molecule has 0 amide bonds. The molecule has 1 aromatic carbocycles. The van der Waals surface area contributed by atoms with Gasteiger partial charge in [-0.1, -0.05) is 18.2 Å². The molecule has 0 spiro atoms. The molecule has 0 N–H and O–H groups in total. The molecular formula is C10H9Cl2NO. The number of aldehydes is 1. The zero-order valence-electron chi connectivity index (χ0n) is 7.21. The van der Waals surface area contributed by atoms with Crippen molar-refractivity contribution < 1.29 is 4.79 Å². The fourth-order valence-electron chi connectivity index (χ4n) is 1.23. The molecule has 0 atom stereocenters. The summed E-state index contributed by atoms with van der Waals surface area (Å²) in [4.78, 5) is 14.7. The maximum Gasteiger partial charge on any atom is 0.150 e. The third-order valence-corrected chi connectivity index (χ3v) is 1.81. The Hall–Kier alpha value is -1.12. The Morgan fingerprint density at radius 1 is 1.07 bits per heavy atom. The van der Waals surface area contributed by atoms with Crippen molar-refractivity contribution in [2.24, 2.45) is 0 Å². The van der Waals surface area contributed by atoms with Gasteiger partial charge in [0, 0.05) is 17.1 Å². The monoisotopic (exact) mass is 229 g/mol. The summed E-state index contributed by atoms with van der Waals surface area (Å²) >= 11 is 0. The molecule has 0 fully saturated rings. The van der Waals surface area contributed by atoms with E-state index in [1.807, 2.05) is 24.3 Å². The lowest BCUT2D eigenvalue weighted by atomic mass is 10.1. The van der Waals surface area contributed by atoms with Gasteiger partial charge in [0.1, 0.15) is 0 Å². The summed E-state index contributed by atoms with van der Waals surface area (Å²) in [5, 5.41) is 0.912. The van der Waals surface area contributed by atoms with Gasteiger partial charge in [-0.2, -0.15) is 0 Å². The molecule has 0 saturated carbocycles. The number of fused-ring (bicyclic) bond motifs is 1. The minimum atomic E-state index is 0. The molecule has 2 aromatic rings. The molecule has 2 rings (SSSR count). The number of halogens is 2. The SMILES string of the molecule is Cl.Cl.O=Cc1cccc2ncccc12. The van der Waals surface area contributed by atoms with Crippen molar-refractivity contribution in [1.82, 2.24) is 4.98 Å². The highest BCUT2D eigenvalue weighted by molar-refractivity contribution is 5.96. The molecule has 0 radical (unpaired) electrons. The zero-order valence-corrected chi connectivity index (χ0v) is 8.85. The molecule has 74 valence electrons. The molecule has 1 aromatic heterocycles. The summed E-state index contributed by atoms with van der Waals surface area (Å²) < 4.78 is 0. The van der Waals surface area contributed by atoms with Crippen LogP contribution in [-0.2, 0) is 0 Å². The smallest absolute Gasteiger partial charge is 0.150 e. The largest absolute Gasteiger partial charge is 0.298 e. The molecule has 14 heavy (non-hydrogen) atoms. The summed E-state index contributed by atoms with van der Waals surface area (Å²) in [6.07, 6.45) is 2.57. The first kappa shape index (κ1) is 12.9. The molecule has 0 unspecified atom stereocenters. The minimum Gasteiger partial charge on any atom is -0.298 e. The Bertz CT molecular complexity index is 426. The van der Waals surface area contributed by atoms with Gasteiger partial charge in [0.15, 0.2) is 6.29 Å². The second kappa shape index (κ2) is 5.58. The van der Waals surface area contributed by atoms with Gasteiger partial charge >= 0.3 is 0 Å². The standard InChI is InChI=1S/C10H7NO.2ClH/c12-7-8-3-1-5-10-9(8)4-2-6-11-10;;/h1-7H;2*1H. The number of hydrogen-bond acceptors (Lipinski definition) is 2. The quantitative estimate of drug-likeness (QED) is 0.705. The van der Waals surface area contributed by atoms with Crippen molar-refractivity contribution in [2.45, 2.75) is 0 Å². The number of nitrogens with zero attached hydrogens (tertiary/aromatic N) is 1. The van der Waals surface area contributed by atoms with Gasteiger partial charge in [0.25, 0.3) is 0 Å². The Morgan fingerprint density at radius 3 is 2.57 bits per heavy atom. The summed E-state index contributed by atoms with van der Waals surface area (Å²) in [5.41, 5.74) is 1.56. The number of pyridine rings is 1. The number of carbonyl (C=O) groups excluding carboxylic acids is 1. The van der Waals surface area contributed by atoms with Gasteiger partial charge in [-0.15, -0.1) is 24.8 Å². The molecule has 0 saturated heterocycles. The lowest BCUT2D eigenvalue weighted by Gasteiger charge is -1.97. The van der Waals surface area contributed by atoms with Crippen LogP contribution in [0.5, 0.6) is 0 Å². The van der Waals surface area contributed by atoms with Crippen molar-refractivity contribution in [3.05, 3.63) is 42.1 Å². The van der Waals surface area contributed by atoms with Crippen molar-refractivity contribution >= 4 is 42.0 Å². The summed E-state index contributed by atoms with van der Waals surface area (Å²) in [6.45, 7) is 0. The van der Waals surface area contributed by atoms with Crippen LogP contribution in [0.1, 0.15) is 10.4 Å². The minimum absolute atomic E-state index is 0. The van der Waals surface area contributed by atoms with E-state index in [1.165, 1.54) is 0 Å². The highest BCUT2D eigenvalue weighted by Crippen LogP contribution is 2.13. The van der Waals surface area contributed by atoms with Crippen molar-refractivity contribution in [3.8, 4) is 0 Å². The van der Waals surface area contributed by atoms with E-state index in [0.717, 1.165) is 17.2 Å². The van der Waals surface area contributed by atoms with E-state index in [2.05, 4.69) is 4.98 Å². The lowest BCUT2D eigenvalue weighted by Crippen LogP contribution is -1.83. The highest BCUT2D eigenvalue weighted by atomic mass is 35.5. The van der Waals surface area contributed by atoms with E-state index in [0.29, 0.717) is 5.56 Å². The summed E-state index contributed by atoms with van der Waals surface area (Å²) in [5.74, 6) is 0. The van der Waals surface area contributed by atoms with E-state index in [9.17, 15) is 4.79 Å². The van der Waals surface area contributed by atoms with Gasteiger partial charge in [-0.05, 0) is 12.1 Å². The number of carbonyl (C=O) groups is 1. The van der Waals surface area contributed by atoms with E-state index in [4.69, 9.17) is 0 Å². The van der Waals surface area contributed by atoms with Gasteiger partial charge in [-0.25, -0.2) is 0 Å². The third kappa shape index (κ3) is 2.22. The Labute approximate surface area is 94.2 Å². The Kier molecular flexibility index (Phi) is 5.13. The van der Waals surface area contributed by atoms with Crippen LogP contribution in [0.15, 0.2) is 36.5 Å². The average molecular weight is 230 g/mol. The van der Waals surface area contributed by atoms with Crippen LogP contribution in [0.2, 0.25) is 0 Å². The first-order valence-electron chi connectivity index (χ1n) is 3.71. The average Bonchev–Trinajstić information content (AvgIpc) is 2.17. The summed E-state index contributed by atoms with van der Waals surface area (Å²) in [7, 11) is 0. The van der Waals surface area contributed by atoms with Gasteiger partial charge in [0.2, 0.25) is 0 Å². The van der Waals surface area contributed by atoms with E-state index < -0.39 is 0 Å². The second-order valence-corrected chi connectivity index (χ2v) is 2.54. The van der Waals surface area contributed by atoms with Crippen LogP contribution in [0.25, 0.3) is 10.9 Å². The van der Waals surface area contributed by atoms with Crippen LogP contribution in [-0.4, -0.2) is 11.3 Å². The predicted octanol–water partition coefficient (Wildman–Crippen LogP) is 2.89. The van der Waals surface area contributed by atoms with Crippen molar-refractivity contribution in [3.63, 3.8) is 0 Å². The topological polar surface area (TPSA) is 30.0 Å². The van der Waals surface area contributed by atoms with E-state index >= 15 is 0 Å². The van der Waals surface area contributed by atoms with Gasteiger partial charge < -0.3 is 0 Å². The Balaban J connectivity index is 0.000000845. The highest BCUT2D eigenvalue weighted by Gasteiger charge is 1.97. The fourth-order valence-corrected chi connectivity index (χ4v) is 1.23. The normalized spacial score (nSPS) is 8.57. The predicted molar refractivity (Wildman–Crippen MR) is 61.6 cm³/mol. The van der Waals surface area contributed by atoms with Crippen LogP contribution in [0.4, 0.5) is 0 Å². The fraction of sp³-hybridized carbons (Fsp3) is 0. The molecule has 0 bridgehead atoms. The first-order valence-corrected chi connectivity index (χ1v) is 3.71. The van der Waals surface area contributed by atoms with Crippen molar-refractivity contribution in [2.75, 3.05) is 0 Å². The van der Waals surface area contributed by atoms with Crippen LogP contribution in [0, 0.1) is 0 Å². The molecule has 1 heterocycles. The number of aromatic nitrogens is 1. The molecule has 2 nitrogen and oxygen atoms in total. The van der Waals surface area contributed by atoms with Gasteiger partial charge in [-0.3, -0.25) is 9.78 Å². The van der Waals surface area contributed by atoms with Crippen LogP contribution >= 0.6 is 24.8 Å². The summed E-state index contributed by atoms with van der Waals surface area (Å²) in [6, 6.07) is 9.24. The molecule has 0 aliphatic rings. The van der Waals surface area contributed by atoms with E-state index in [1.54, 1.807) is 12.3 Å². The van der Waals surface area contributed by atoms with Crippen LogP contribution in [0.3, 0.4) is 0 Å². The van der Waals surface area contributed by atoms with Crippen LogP contribution < -0.4 is 0 Å². The number of hydrogen-bond donors (Lipinski definition) is 0. The molecular weight excluding hydrogens is 221 g/mol. The Morgan fingerprint density at radius 2 is 1.86 bits per heavy atom. The second-order valence-electron chi connectivity index (χ2n) is 2.54. The van der Waals surface area contributed by atoms with E-state index in [-0.39, 0.29) is 24.8 Å². The molecule has 0 aliphatic carbocycles.